The van der Waals surface area contributed by atoms with E-state index in [1.807, 2.05) is 6.92 Å². The topological polar surface area (TPSA) is 78.7 Å². The number of ketones is 1. The zero-order valence-corrected chi connectivity index (χ0v) is 11.1. The van der Waals surface area contributed by atoms with Crippen molar-refractivity contribution in [3.63, 3.8) is 0 Å². The highest BCUT2D eigenvalue weighted by molar-refractivity contribution is 6.04. The molecule has 0 heterocycles. The Bertz CT molecular complexity index is 552. The predicted molar refractivity (Wildman–Crippen MR) is 67.7 cm³/mol. The lowest BCUT2D eigenvalue weighted by atomic mass is 9.85. The molecule has 0 N–H and O–H groups in total. The van der Waals surface area contributed by atoms with Crippen molar-refractivity contribution in [3.8, 4) is 11.5 Å². The molecular weight excluding hydrogens is 250 g/mol. The molecule has 0 aliphatic heterocycles. The van der Waals surface area contributed by atoms with E-state index in [1.54, 1.807) is 6.07 Å². The van der Waals surface area contributed by atoms with E-state index in [2.05, 4.69) is 0 Å². The number of rotatable bonds is 3. The van der Waals surface area contributed by atoms with Crippen molar-refractivity contribution in [2.45, 2.75) is 25.8 Å². The van der Waals surface area contributed by atoms with Crippen molar-refractivity contribution in [3.05, 3.63) is 32.9 Å². The molecule has 6 heteroatoms. The van der Waals surface area contributed by atoms with Crippen LogP contribution in [0.25, 0.3) is 0 Å². The summed E-state index contributed by atoms with van der Waals surface area (Å²) >= 11 is 0. The van der Waals surface area contributed by atoms with Crippen LogP contribution in [-0.2, 0) is 6.42 Å². The largest absolute Gasteiger partial charge is 0.496 e. The van der Waals surface area contributed by atoms with E-state index in [4.69, 9.17) is 9.47 Å². The molecule has 2 rings (SSSR count). The van der Waals surface area contributed by atoms with E-state index in [9.17, 15) is 14.9 Å². The summed E-state index contributed by atoms with van der Waals surface area (Å²) in [6, 6.07) is 0.492. The normalized spacial score (nSPS) is 17.8. The molecule has 19 heavy (non-hydrogen) atoms. The molecular formula is C13H15NO5. The molecule has 0 radical (unpaired) electrons. The number of carbonyl (C=O) groups is 1. The third-order valence-corrected chi connectivity index (χ3v) is 3.42. The van der Waals surface area contributed by atoms with Crippen molar-refractivity contribution < 1.29 is 19.2 Å². The summed E-state index contributed by atoms with van der Waals surface area (Å²) in [6.07, 6.45) is 0.635. The zero-order valence-electron chi connectivity index (χ0n) is 11.1. The van der Waals surface area contributed by atoms with Crippen LogP contribution in [0.2, 0.25) is 0 Å². The maximum Gasteiger partial charge on any atom is 0.275 e. The van der Waals surface area contributed by atoms with Gasteiger partial charge in [0.05, 0.1) is 19.8 Å². The first-order chi connectivity index (χ1) is 9.01. The Hall–Kier alpha value is -2.11. The van der Waals surface area contributed by atoms with Crippen molar-refractivity contribution in [2.75, 3.05) is 14.2 Å². The van der Waals surface area contributed by atoms with Gasteiger partial charge in [-0.3, -0.25) is 14.9 Å². The maximum absolute atomic E-state index is 12.2. The zero-order chi connectivity index (χ0) is 14.2. The number of hydrogen-bond acceptors (Lipinski definition) is 5. The van der Waals surface area contributed by atoms with E-state index in [0.717, 1.165) is 5.56 Å². The Labute approximate surface area is 110 Å². The van der Waals surface area contributed by atoms with Gasteiger partial charge in [-0.2, -0.15) is 0 Å². The molecule has 0 unspecified atom stereocenters. The van der Waals surface area contributed by atoms with Crippen LogP contribution in [-0.4, -0.2) is 31.0 Å². The monoisotopic (exact) mass is 265 g/mol. The molecule has 1 aliphatic carbocycles. The van der Waals surface area contributed by atoms with Crippen molar-refractivity contribution in [1.29, 1.82) is 0 Å². The lowest BCUT2D eigenvalue weighted by Gasteiger charge is -2.23. The Morgan fingerprint density at radius 2 is 2.05 bits per heavy atom. The third-order valence-electron chi connectivity index (χ3n) is 3.42. The van der Waals surface area contributed by atoms with E-state index < -0.39 is 16.7 Å². The Morgan fingerprint density at radius 3 is 2.58 bits per heavy atom. The molecule has 0 spiro atoms. The van der Waals surface area contributed by atoms with Crippen LogP contribution < -0.4 is 9.47 Å². The minimum atomic E-state index is -1.19. The number of carbonyl (C=O) groups excluding carboxylic acids is 1. The first-order valence-corrected chi connectivity index (χ1v) is 5.93. The van der Waals surface area contributed by atoms with Gasteiger partial charge < -0.3 is 9.47 Å². The molecule has 0 aromatic heterocycles. The van der Waals surface area contributed by atoms with Gasteiger partial charge in [0, 0.05) is 16.9 Å². The number of aryl methyl sites for hydroxylation is 1. The molecule has 102 valence electrons. The van der Waals surface area contributed by atoms with Crippen LogP contribution in [0, 0.1) is 17.0 Å². The van der Waals surface area contributed by atoms with Crippen LogP contribution in [0.1, 0.15) is 27.9 Å². The van der Waals surface area contributed by atoms with Gasteiger partial charge in [0.25, 0.3) is 6.04 Å². The van der Waals surface area contributed by atoms with Crippen LogP contribution in [0.4, 0.5) is 0 Å². The van der Waals surface area contributed by atoms with E-state index in [-0.39, 0.29) is 12.0 Å². The lowest BCUT2D eigenvalue weighted by molar-refractivity contribution is -0.506. The highest BCUT2D eigenvalue weighted by atomic mass is 16.6. The van der Waals surface area contributed by atoms with E-state index in [0.29, 0.717) is 23.5 Å². The number of hydrogen-bond donors (Lipinski definition) is 0. The van der Waals surface area contributed by atoms with Crippen LogP contribution in [0.5, 0.6) is 11.5 Å². The van der Waals surface area contributed by atoms with Gasteiger partial charge >= 0.3 is 0 Å². The Balaban J connectivity index is 2.65. The summed E-state index contributed by atoms with van der Waals surface area (Å²) in [5, 5.41) is 10.9. The second-order valence-corrected chi connectivity index (χ2v) is 4.49. The van der Waals surface area contributed by atoms with Gasteiger partial charge in [0.1, 0.15) is 11.5 Å². The minimum Gasteiger partial charge on any atom is -0.496 e. The fraction of sp³-hybridized carbons (Fsp3) is 0.462. The van der Waals surface area contributed by atoms with Gasteiger partial charge in [-0.05, 0) is 25.0 Å². The maximum atomic E-state index is 12.2. The second-order valence-electron chi connectivity index (χ2n) is 4.49. The molecule has 0 saturated carbocycles. The number of nitrogens with zero attached hydrogens (tertiary/aromatic N) is 1. The van der Waals surface area contributed by atoms with Crippen molar-refractivity contribution in [1.82, 2.24) is 0 Å². The minimum absolute atomic E-state index is 0.196. The van der Waals surface area contributed by atoms with Crippen LogP contribution >= 0.6 is 0 Å². The van der Waals surface area contributed by atoms with Gasteiger partial charge in [0.2, 0.25) is 5.78 Å². The Morgan fingerprint density at radius 1 is 1.37 bits per heavy atom. The lowest BCUT2D eigenvalue weighted by Crippen LogP contribution is -2.35. The summed E-state index contributed by atoms with van der Waals surface area (Å²) in [7, 11) is 2.98. The average molecular weight is 265 g/mol. The molecule has 0 amide bonds. The van der Waals surface area contributed by atoms with E-state index >= 15 is 0 Å². The highest BCUT2D eigenvalue weighted by Gasteiger charge is 2.39. The van der Waals surface area contributed by atoms with Gasteiger partial charge in [-0.1, -0.05) is 0 Å². The first-order valence-electron chi connectivity index (χ1n) is 5.93. The standard InChI is InChI=1S/C13H15NO5/c1-7-6-10(18-2)11-8(13(7)19-3)4-5-9(12(11)15)14(16)17/h6,9H,4-5H2,1-3H3/t9-/m1/s1. The van der Waals surface area contributed by atoms with Gasteiger partial charge in [-0.25, -0.2) is 0 Å². The fourth-order valence-electron chi connectivity index (χ4n) is 2.57. The van der Waals surface area contributed by atoms with Crippen molar-refractivity contribution >= 4 is 5.78 Å². The molecule has 0 saturated heterocycles. The number of ether oxygens (including phenoxy) is 2. The van der Waals surface area contributed by atoms with Gasteiger partial charge in [-0.15, -0.1) is 0 Å². The summed E-state index contributed by atoms with van der Waals surface area (Å²) in [6.45, 7) is 1.85. The smallest absolute Gasteiger partial charge is 0.275 e. The number of methoxy groups -OCH3 is 2. The molecule has 1 atom stereocenters. The van der Waals surface area contributed by atoms with E-state index in [1.165, 1.54) is 14.2 Å². The number of fused-ring (bicyclic) bond motifs is 1. The quantitative estimate of drug-likeness (QED) is 0.615. The third kappa shape index (κ3) is 2.03. The van der Waals surface area contributed by atoms with Crippen LogP contribution in [0.15, 0.2) is 6.07 Å². The number of nitro groups is 1. The molecule has 0 fully saturated rings. The second kappa shape index (κ2) is 4.87. The summed E-state index contributed by atoms with van der Waals surface area (Å²) in [5.74, 6) is 0.497. The summed E-state index contributed by atoms with van der Waals surface area (Å²) < 4.78 is 10.5. The molecule has 6 nitrogen and oxygen atoms in total. The predicted octanol–water partition coefficient (Wildman–Crippen LogP) is 1.79. The molecule has 1 aromatic rings. The average Bonchev–Trinajstić information content (AvgIpc) is 2.37. The van der Waals surface area contributed by atoms with Crippen molar-refractivity contribution in [2.24, 2.45) is 0 Å². The fourth-order valence-corrected chi connectivity index (χ4v) is 2.57. The molecule has 0 bridgehead atoms. The molecule has 1 aliphatic rings. The van der Waals surface area contributed by atoms with Crippen LogP contribution in [0.3, 0.4) is 0 Å². The molecule has 1 aromatic carbocycles. The summed E-state index contributed by atoms with van der Waals surface area (Å²) in [5.41, 5.74) is 1.85. The first kappa shape index (κ1) is 13.3. The number of benzene rings is 1. The SMILES string of the molecule is COc1cc(C)c(OC)c2c1C(=O)[C@H]([N+](=O)[O-])CC2. The Kier molecular flexibility index (Phi) is 3.42. The number of Topliss-reactive ketones (excluding diaryl/α,β-unsaturated/α-hetero) is 1. The summed E-state index contributed by atoms with van der Waals surface area (Å²) in [4.78, 5) is 22.6. The highest BCUT2D eigenvalue weighted by Crippen LogP contribution is 2.39. The van der Waals surface area contributed by atoms with Gasteiger partial charge in [0.15, 0.2) is 0 Å².